The number of hydrogen-bond donors (Lipinski definition) is 5. The van der Waals surface area contributed by atoms with Gasteiger partial charge in [-0.15, -0.1) is 0 Å². The monoisotopic (exact) mass is 348 g/mol. The second kappa shape index (κ2) is 8.03. The topological polar surface area (TPSA) is 128 Å². The van der Waals surface area contributed by atoms with Gasteiger partial charge in [0.1, 0.15) is 0 Å². The predicted octanol–water partition coefficient (Wildman–Crippen LogP) is -0.511. The normalized spacial score (nSPS) is 13.2. The first-order valence-corrected chi connectivity index (χ1v) is 7.44. The minimum Gasteiger partial charge on any atom is -0.595 e. The lowest BCUT2D eigenvalue weighted by atomic mass is 10.1. The average Bonchev–Trinajstić information content (AvgIpc) is 2.59. The molecule has 0 aliphatic carbocycles. The van der Waals surface area contributed by atoms with Crippen molar-refractivity contribution in [3.05, 3.63) is 64.0 Å². The van der Waals surface area contributed by atoms with Crippen molar-refractivity contribution >= 4 is 23.0 Å². The molecule has 2 aromatic carbocycles. The molecule has 0 heterocycles. The molecule has 9 nitrogen and oxygen atoms in total. The molecule has 2 aromatic rings. The SMILES string of the molecule is CN(C)c1ccc(CNC(=O)c2cc([NH+]([O-])O)cc([NH+]([O-])O)c2)cc1. The number of nitrogens with zero attached hydrogens (tertiary/aromatic N) is 1. The molecule has 0 fully saturated rings. The summed E-state index contributed by atoms with van der Waals surface area (Å²) >= 11 is 0. The van der Waals surface area contributed by atoms with E-state index < -0.39 is 16.4 Å². The van der Waals surface area contributed by atoms with Crippen molar-refractivity contribution in [1.29, 1.82) is 0 Å². The molecule has 0 saturated carbocycles. The van der Waals surface area contributed by atoms with E-state index in [1.54, 1.807) is 0 Å². The number of rotatable bonds is 6. The van der Waals surface area contributed by atoms with Crippen molar-refractivity contribution in [3.8, 4) is 0 Å². The number of anilines is 1. The molecule has 2 rings (SSSR count). The van der Waals surface area contributed by atoms with Crippen molar-refractivity contribution < 1.29 is 25.7 Å². The van der Waals surface area contributed by atoms with E-state index in [0.717, 1.165) is 29.4 Å². The Kier molecular flexibility index (Phi) is 6.04. The largest absolute Gasteiger partial charge is 0.595 e. The van der Waals surface area contributed by atoms with Crippen LogP contribution in [0.3, 0.4) is 0 Å². The molecule has 0 aromatic heterocycles. The summed E-state index contributed by atoms with van der Waals surface area (Å²) in [5.74, 6) is -0.540. The quantitative estimate of drug-likeness (QED) is 0.447. The Bertz CT molecular complexity index is 706. The molecule has 2 unspecified atom stereocenters. The summed E-state index contributed by atoms with van der Waals surface area (Å²) in [6.45, 7) is 0.242. The zero-order valence-electron chi connectivity index (χ0n) is 13.8. The summed E-state index contributed by atoms with van der Waals surface area (Å²) in [7, 11) is 3.85. The van der Waals surface area contributed by atoms with Crippen LogP contribution in [0.2, 0.25) is 0 Å². The van der Waals surface area contributed by atoms with Gasteiger partial charge in [-0.05, 0) is 17.7 Å². The summed E-state index contributed by atoms with van der Waals surface area (Å²) in [5, 5.41) is 40.3. The van der Waals surface area contributed by atoms with Crippen molar-refractivity contribution in [3.63, 3.8) is 0 Å². The molecule has 5 N–H and O–H groups in total. The van der Waals surface area contributed by atoms with E-state index in [9.17, 15) is 15.2 Å². The van der Waals surface area contributed by atoms with E-state index >= 15 is 0 Å². The van der Waals surface area contributed by atoms with E-state index in [1.165, 1.54) is 0 Å². The molecule has 0 spiro atoms. The highest BCUT2D eigenvalue weighted by molar-refractivity contribution is 5.95. The maximum atomic E-state index is 12.2. The molecule has 25 heavy (non-hydrogen) atoms. The van der Waals surface area contributed by atoms with Gasteiger partial charge in [0, 0.05) is 38.5 Å². The zero-order valence-corrected chi connectivity index (χ0v) is 13.8. The van der Waals surface area contributed by atoms with Gasteiger partial charge in [-0.3, -0.25) is 4.79 Å². The van der Waals surface area contributed by atoms with Gasteiger partial charge >= 0.3 is 0 Å². The minimum atomic E-state index is -1.29. The lowest BCUT2D eigenvalue weighted by molar-refractivity contribution is -0.996. The highest BCUT2D eigenvalue weighted by atomic mass is 16.8. The van der Waals surface area contributed by atoms with Crippen LogP contribution >= 0.6 is 0 Å². The molecule has 9 heteroatoms. The Morgan fingerprint density at radius 2 is 1.56 bits per heavy atom. The highest BCUT2D eigenvalue weighted by Gasteiger charge is 2.15. The van der Waals surface area contributed by atoms with Gasteiger partial charge in [-0.2, -0.15) is 10.5 Å². The number of quaternary nitrogens is 2. The van der Waals surface area contributed by atoms with Crippen LogP contribution in [-0.2, 0) is 6.54 Å². The first-order chi connectivity index (χ1) is 11.8. The Balaban J connectivity index is 2.12. The van der Waals surface area contributed by atoms with Crippen molar-refractivity contribution in [2.24, 2.45) is 0 Å². The molecule has 134 valence electrons. The fourth-order valence-electron chi connectivity index (χ4n) is 2.20. The van der Waals surface area contributed by atoms with E-state index in [4.69, 9.17) is 10.4 Å². The Morgan fingerprint density at radius 1 is 1.04 bits per heavy atom. The van der Waals surface area contributed by atoms with Crippen LogP contribution in [0.25, 0.3) is 0 Å². The van der Waals surface area contributed by atoms with Crippen LogP contribution in [0.5, 0.6) is 0 Å². The maximum absolute atomic E-state index is 12.2. The molecule has 0 aliphatic rings. The number of nitrogens with one attached hydrogen (secondary N) is 3. The Labute approximate surface area is 144 Å². The van der Waals surface area contributed by atoms with Gasteiger partial charge in [0.2, 0.25) is 0 Å². The average molecular weight is 348 g/mol. The maximum Gasteiger partial charge on any atom is 0.252 e. The van der Waals surface area contributed by atoms with Gasteiger partial charge in [-0.25, -0.2) is 10.4 Å². The lowest BCUT2D eigenvalue weighted by Crippen LogP contribution is -3.00. The van der Waals surface area contributed by atoms with Crippen LogP contribution in [0, 0.1) is 10.4 Å². The number of amides is 1. The second-order valence-electron chi connectivity index (χ2n) is 5.65. The number of benzene rings is 2. The molecule has 0 bridgehead atoms. The third-order valence-electron chi connectivity index (χ3n) is 3.59. The first-order valence-electron chi connectivity index (χ1n) is 7.44. The van der Waals surface area contributed by atoms with Crippen molar-refractivity contribution in [2.75, 3.05) is 19.0 Å². The third-order valence-corrected chi connectivity index (χ3v) is 3.59. The number of carbonyl (C=O) groups is 1. The summed E-state index contributed by atoms with van der Waals surface area (Å²) in [4.78, 5) is 14.2. The van der Waals surface area contributed by atoms with Gasteiger partial charge < -0.3 is 20.6 Å². The van der Waals surface area contributed by atoms with Crippen LogP contribution in [-0.4, -0.2) is 30.4 Å². The summed E-state index contributed by atoms with van der Waals surface area (Å²) in [5.41, 5.74) is 1.38. The Hall–Kier alpha value is -2.53. The molecule has 2 atom stereocenters. The van der Waals surface area contributed by atoms with Gasteiger partial charge in [-0.1, -0.05) is 12.1 Å². The third kappa shape index (κ3) is 4.97. The molecular formula is C16H20N4O5. The van der Waals surface area contributed by atoms with Crippen molar-refractivity contribution in [1.82, 2.24) is 5.32 Å². The predicted molar refractivity (Wildman–Crippen MR) is 89.9 cm³/mol. The summed E-state index contributed by atoms with van der Waals surface area (Å²) < 4.78 is 0. The molecule has 0 saturated heterocycles. The molecule has 1 amide bonds. The zero-order chi connectivity index (χ0) is 18.6. The Morgan fingerprint density at radius 3 is 2.00 bits per heavy atom. The van der Waals surface area contributed by atoms with E-state index in [0.29, 0.717) is 0 Å². The summed E-state index contributed by atoms with van der Waals surface area (Å²) in [6, 6.07) is 10.9. The molecular weight excluding hydrogens is 328 g/mol. The van der Waals surface area contributed by atoms with Crippen molar-refractivity contribution in [2.45, 2.75) is 6.54 Å². The minimum absolute atomic E-state index is 0.0118. The smallest absolute Gasteiger partial charge is 0.252 e. The number of hydrogen-bond acceptors (Lipinski definition) is 6. The fourth-order valence-corrected chi connectivity index (χ4v) is 2.20. The molecule has 0 radical (unpaired) electrons. The van der Waals surface area contributed by atoms with Crippen LogP contribution in [0.4, 0.5) is 17.1 Å². The van der Waals surface area contributed by atoms with Crippen LogP contribution in [0.1, 0.15) is 15.9 Å². The van der Waals surface area contributed by atoms with Crippen LogP contribution < -0.4 is 20.7 Å². The number of carbonyl (C=O) groups excluding carboxylic acids is 1. The van der Waals surface area contributed by atoms with E-state index in [1.807, 2.05) is 43.3 Å². The highest BCUT2D eigenvalue weighted by Crippen LogP contribution is 2.15. The second-order valence-corrected chi connectivity index (χ2v) is 5.65. The standard InChI is InChI=1S/C16H20N4O5/c1-18(2)13-5-3-11(4-6-13)10-17-16(21)12-7-14(19(22)23)9-15(8-12)20(24)25/h3-9,19-20,22,24H,10H2,1-2H3,(H,17,21). The van der Waals surface area contributed by atoms with E-state index in [2.05, 4.69) is 5.32 Å². The van der Waals surface area contributed by atoms with Gasteiger partial charge in [0.25, 0.3) is 5.91 Å². The summed E-state index contributed by atoms with van der Waals surface area (Å²) in [6.07, 6.45) is 0. The van der Waals surface area contributed by atoms with Crippen LogP contribution in [0.15, 0.2) is 42.5 Å². The fraction of sp³-hybridized carbons (Fsp3) is 0.188. The van der Waals surface area contributed by atoms with E-state index in [-0.39, 0.29) is 23.5 Å². The van der Waals surface area contributed by atoms with Gasteiger partial charge in [0.15, 0.2) is 11.4 Å². The lowest BCUT2D eigenvalue weighted by Gasteiger charge is -2.17. The molecule has 0 aliphatic heterocycles. The van der Waals surface area contributed by atoms with Gasteiger partial charge in [0.05, 0.1) is 11.6 Å². The first kappa shape index (κ1) is 18.8.